The molecule has 2 N–H and O–H groups in total. The van der Waals surface area contributed by atoms with Gasteiger partial charge in [0, 0.05) is 24.8 Å². The highest BCUT2D eigenvalue weighted by atomic mass is 16.4. The van der Waals surface area contributed by atoms with E-state index >= 15 is 0 Å². The van der Waals surface area contributed by atoms with E-state index in [1.165, 1.54) is 11.3 Å². The summed E-state index contributed by atoms with van der Waals surface area (Å²) in [5.41, 5.74) is 3.42. The van der Waals surface area contributed by atoms with Gasteiger partial charge >= 0.3 is 12.0 Å². The SMILES string of the molecule is Cc1nc(NC(=O)NCCN2c3ccccc3CC2C)oc1C. The molecule has 2 heterocycles. The van der Waals surface area contributed by atoms with Crippen molar-refractivity contribution in [2.24, 2.45) is 0 Å². The van der Waals surface area contributed by atoms with Gasteiger partial charge in [-0.2, -0.15) is 4.98 Å². The Balaban J connectivity index is 1.50. The molecule has 0 radical (unpaired) electrons. The quantitative estimate of drug-likeness (QED) is 0.910. The molecular weight excluding hydrogens is 292 g/mol. The van der Waals surface area contributed by atoms with Crippen molar-refractivity contribution in [2.75, 3.05) is 23.3 Å². The Kier molecular flexibility index (Phi) is 4.23. The molecule has 6 nitrogen and oxygen atoms in total. The number of amides is 2. The number of hydrogen-bond acceptors (Lipinski definition) is 4. The van der Waals surface area contributed by atoms with Gasteiger partial charge in [0.05, 0.1) is 5.69 Å². The zero-order valence-corrected chi connectivity index (χ0v) is 13.7. The lowest BCUT2D eigenvalue weighted by atomic mass is 10.1. The first-order valence-corrected chi connectivity index (χ1v) is 7.88. The minimum atomic E-state index is -0.300. The van der Waals surface area contributed by atoms with Crippen LogP contribution in [0.4, 0.5) is 16.5 Å². The Morgan fingerprint density at radius 3 is 2.91 bits per heavy atom. The predicted molar refractivity (Wildman–Crippen MR) is 90.0 cm³/mol. The third-order valence-electron chi connectivity index (χ3n) is 4.24. The predicted octanol–water partition coefficient (Wildman–Crippen LogP) is 2.86. The largest absolute Gasteiger partial charge is 0.428 e. The second-order valence-electron chi connectivity index (χ2n) is 5.92. The van der Waals surface area contributed by atoms with Crippen LogP contribution in [-0.2, 0) is 6.42 Å². The first-order chi connectivity index (χ1) is 11.0. The molecule has 1 aromatic carbocycles. The summed E-state index contributed by atoms with van der Waals surface area (Å²) in [4.78, 5) is 18.4. The van der Waals surface area contributed by atoms with E-state index in [0.29, 0.717) is 18.3 Å². The molecule has 0 fully saturated rings. The Bertz CT molecular complexity index is 691. The number of nitrogens with zero attached hydrogens (tertiary/aromatic N) is 2. The summed E-state index contributed by atoms with van der Waals surface area (Å²) < 4.78 is 5.33. The summed E-state index contributed by atoms with van der Waals surface area (Å²) in [6.07, 6.45) is 1.05. The number of rotatable bonds is 4. The molecule has 0 saturated carbocycles. The fraction of sp³-hybridized carbons (Fsp3) is 0.412. The smallest absolute Gasteiger partial charge is 0.322 e. The Hall–Kier alpha value is -2.50. The van der Waals surface area contributed by atoms with Gasteiger partial charge in [-0.05, 0) is 38.8 Å². The average Bonchev–Trinajstić information content (AvgIpc) is 2.99. The highest BCUT2D eigenvalue weighted by Gasteiger charge is 2.24. The van der Waals surface area contributed by atoms with E-state index in [-0.39, 0.29) is 12.0 Å². The lowest BCUT2D eigenvalue weighted by Gasteiger charge is -2.24. The Morgan fingerprint density at radius 1 is 1.39 bits per heavy atom. The monoisotopic (exact) mass is 314 g/mol. The van der Waals surface area contributed by atoms with E-state index in [0.717, 1.165) is 18.7 Å². The summed E-state index contributed by atoms with van der Waals surface area (Å²) in [5, 5.41) is 5.46. The van der Waals surface area contributed by atoms with E-state index in [9.17, 15) is 4.79 Å². The number of aromatic nitrogens is 1. The van der Waals surface area contributed by atoms with E-state index in [2.05, 4.69) is 51.7 Å². The summed E-state index contributed by atoms with van der Waals surface area (Å²) in [6, 6.07) is 8.81. The van der Waals surface area contributed by atoms with Crippen molar-refractivity contribution in [3.8, 4) is 0 Å². The van der Waals surface area contributed by atoms with E-state index in [1.807, 2.05) is 13.8 Å². The molecule has 2 amide bonds. The number of anilines is 2. The van der Waals surface area contributed by atoms with Crippen molar-refractivity contribution in [3.05, 3.63) is 41.3 Å². The van der Waals surface area contributed by atoms with E-state index in [4.69, 9.17) is 4.42 Å². The van der Waals surface area contributed by atoms with Crippen molar-refractivity contribution in [1.29, 1.82) is 0 Å². The number of hydrogen-bond donors (Lipinski definition) is 2. The molecule has 2 aromatic rings. The van der Waals surface area contributed by atoms with Gasteiger partial charge in [-0.25, -0.2) is 4.79 Å². The number of para-hydroxylation sites is 1. The fourth-order valence-electron chi connectivity index (χ4n) is 2.93. The summed E-state index contributed by atoms with van der Waals surface area (Å²) in [5.74, 6) is 0.711. The maximum atomic E-state index is 11.9. The molecule has 1 unspecified atom stereocenters. The molecule has 3 rings (SSSR count). The summed E-state index contributed by atoms with van der Waals surface area (Å²) >= 11 is 0. The van der Waals surface area contributed by atoms with Gasteiger partial charge in [0.2, 0.25) is 0 Å². The van der Waals surface area contributed by atoms with Crippen molar-refractivity contribution in [3.63, 3.8) is 0 Å². The van der Waals surface area contributed by atoms with E-state index in [1.54, 1.807) is 0 Å². The molecule has 0 saturated heterocycles. The van der Waals surface area contributed by atoms with Gasteiger partial charge in [-0.15, -0.1) is 0 Å². The van der Waals surface area contributed by atoms with Gasteiger partial charge in [0.1, 0.15) is 5.76 Å². The molecule has 23 heavy (non-hydrogen) atoms. The minimum Gasteiger partial charge on any atom is -0.428 e. The second kappa shape index (κ2) is 6.32. The second-order valence-corrected chi connectivity index (χ2v) is 5.92. The first-order valence-electron chi connectivity index (χ1n) is 7.88. The van der Waals surface area contributed by atoms with Crippen molar-refractivity contribution in [2.45, 2.75) is 33.2 Å². The summed E-state index contributed by atoms with van der Waals surface area (Å²) in [7, 11) is 0. The number of urea groups is 1. The lowest BCUT2D eigenvalue weighted by Crippen LogP contribution is -2.39. The van der Waals surface area contributed by atoms with Crippen LogP contribution >= 0.6 is 0 Å². The van der Waals surface area contributed by atoms with Crippen LogP contribution in [0.5, 0.6) is 0 Å². The van der Waals surface area contributed by atoms with Crippen LogP contribution in [0, 0.1) is 13.8 Å². The Labute approximate surface area is 135 Å². The third-order valence-corrected chi connectivity index (χ3v) is 4.24. The van der Waals surface area contributed by atoms with Crippen molar-refractivity contribution >= 4 is 17.7 Å². The van der Waals surface area contributed by atoms with Gasteiger partial charge in [0.25, 0.3) is 0 Å². The molecule has 122 valence electrons. The first kappa shape index (κ1) is 15.4. The van der Waals surface area contributed by atoms with Gasteiger partial charge in [-0.3, -0.25) is 5.32 Å². The average molecular weight is 314 g/mol. The summed E-state index contributed by atoms with van der Waals surface area (Å²) in [6.45, 7) is 7.20. The van der Waals surface area contributed by atoms with Crippen LogP contribution in [0.3, 0.4) is 0 Å². The number of carbonyl (C=O) groups excluding carboxylic acids is 1. The molecular formula is C17H22N4O2. The van der Waals surface area contributed by atoms with Gasteiger partial charge in [0.15, 0.2) is 0 Å². The van der Waals surface area contributed by atoms with Gasteiger partial charge in [-0.1, -0.05) is 18.2 Å². The topological polar surface area (TPSA) is 70.4 Å². The molecule has 1 aliphatic rings. The molecule has 1 aliphatic heterocycles. The fourth-order valence-corrected chi connectivity index (χ4v) is 2.93. The third kappa shape index (κ3) is 3.31. The molecule has 0 bridgehead atoms. The number of nitrogens with one attached hydrogen (secondary N) is 2. The number of carbonyl (C=O) groups is 1. The zero-order chi connectivity index (χ0) is 16.4. The van der Waals surface area contributed by atoms with Crippen molar-refractivity contribution in [1.82, 2.24) is 10.3 Å². The molecule has 0 spiro atoms. The molecule has 6 heteroatoms. The van der Waals surface area contributed by atoms with Crippen molar-refractivity contribution < 1.29 is 9.21 Å². The lowest BCUT2D eigenvalue weighted by molar-refractivity contribution is 0.251. The molecule has 1 aromatic heterocycles. The highest BCUT2D eigenvalue weighted by molar-refractivity contribution is 5.87. The normalized spacial score (nSPS) is 16.3. The van der Waals surface area contributed by atoms with Crippen LogP contribution in [0.1, 0.15) is 23.9 Å². The number of oxazole rings is 1. The van der Waals surface area contributed by atoms with Crippen LogP contribution in [0.15, 0.2) is 28.7 Å². The van der Waals surface area contributed by atoms with E-state index < -0.39 is 0 Å². The van der Waals surface area contributed by atoms with Crippen LogP contribution in [0.2, 0.25) is 0 Å². The van der Waals surface area contributed by atoms with Gasteiger partial charge < -0.3 is 14.6 Å². The molecule has 0 aliphatic carbocycles. The Morgan fingerprint density at radius 2 is 2.17 bits per heavy atom. The molecule has 1 atom stereocenters. The number of benzene rings is 1. The maximum absolute atomic E-state index is 11.9. The maximum Gasteiger partial charge on any atom is 0.322 e. The van der Waals surface area contributed by atoms with Crippen LogP contribution < -0.4 is 15.5 Å². The van der Waals surface area contributed by atoms with Crippen LogP contribution in [-0.4, -0.2) is 30.1 Å². The highest BCUT2D eigenvalue weighted by Crippen LogP contribution is 2.31. The number of fused-ring (bicyclic) bond motifs is 1. The number of aryl methyl sites for hydroxylation is 2. The van der Waals surface area contributed by atoms with Crippen LogP contribution in [0.25, 0.3) is 0 Å². The minimum absolute atomic E-state index is 0.234. The standard InChI is InChI=1S/C17H22N4O2/c1-11-10-14-6-4-5-7-15(14)21(11)9-8-18-16(22)20-17-19-12(2)13(3)23-17/h4-7,11H,8-10H2,1-3H3,(H2,18,19,20,22). The zero-order valence-electron chi connectivity index (χ0n) is 13.7.